The van der Waals surface area contributed by atoms with Crippen LogP contribution in [0.4, 0.5) is 5.69 Å². The van der Waals surface area contributed by atoms with Crippen molar-refractivity contribution in [1.82, 2.24) is 4.90 Å². The summed E-state index contributed by atoms with van der Waals surface area (Å²) in [7, 11) is 0. The summed E-state index contributed by atoms with van der Waals surface area (Å²) in [6.07, 6.45) is 2.96. The van der Waals surface area contributed by atoms with Crippen molar-refractivity contribution in [2.45, 2.75) is 46.1 Å². The molecular formula is C16H24N2O2. The average molecular weight is 276 g/mol. The number of nitrogens with zero attached hydrogens (tertiary/aromatic N) is 1. The third kappa shape index (κ3) is 3.24. The molecule has 1 heterocycles. The molecule has 2 N–H and O–H groups in total. The van der Waals surface area contributed by atoms with Crippen LogP contribution >= 0.6 is 0 Å². The van der Waals surface area contributed by atoms with Gasteiger partial charge in [0.05, 0.1) is 0 Å². The van der Waals surface area contributed by atoms with Crippen LogP contribution in [0.15, 0.2) is 12.1 Å². The molecule has 1 saturated heterocycles. The summed E-state index contributed by atoms with van der Waals surface area (Å²) in [6, 6.07) is 3.80. The van der Waals surface area contributed by atoms with Crippen LogP contribution < -0.4 is 10.5 Å². The molecule has 0 spiro atoms. The SMILES string of the molecule is Cc1cc(OC(C)C(=O)N2CCCCC2)c(C)cc1N. The van der Waals surface area contributed by atoms with Crippen LogP contribution in [-0.4, -0.2) is 30.0 Å². The molecule has 0 saturated carbocycles. The van der Waals surface area contributed by atoms with E-state index in [1.165, 1.54) is 6.42 Å². The van der Waals surface area contributed by atoms with E-state index < -0.39 is 6.10 Å². The highest BCUT2D eigenvalue weighted by molar-refractivity contribution is 5.81. The molecule has 1 fully saturated rings. The predicted molar refractivity (Wildman–Crippen MR) is 80.8 cm³/mol. The number of amides is 1. The van der Waals surface area contributed by atoms with Crippen molar-refractivity contribution in [1.29, 1.82) is 0 Å². The second-order valence-electron chi connectivity index (χ2n) is 5.62. The molecule has 1 atom stereocenters. The van der Waals surface area contributed by atoms with Crippen LogP contribution in [0.5, 0.6) is 5.75 Å². The molecule has 0 aromatic heterocycles. The number of anilines is 1. The summed E-state index contributed by atoms with van der Waals surface area (Å²) in [4.78, 5) is 14.3. The van der Waals surface area contributed by atoms with Crippen LogP contribution in [0.3, 0.4) is 0 Å². The van der Waals surface area contributed by atoms with E-state index >= 15 is 0 Å². The van der Waals surface area contributed by atoms with Gasteiger partial charge in [-0.05, 0) is 63.3 Å². The van der Waals surface area contributed by atoms with Gasteiger partial charge >= 0.3 is 0 Å². The van der Waals surface area contributed by atoms with Gasteiger partial charge in [-0.25, -0.2) is 0 Å². The predicted octanol–water partition coefficient (Wildman–Crippen LogP) is 2.67. The fraction of sp³-hybridized carbons (Fsp3) is 0.562. The summed E-state index contributed by atoms with van der Waals surface area (Å²) in [5.41, 5.74) is 8.56. The lowest BCUT2D eigenvalue weighted by atomic mass is 10.1. The van der Waals surface area contributed by atoms with Crippen LogP contribution in [0, 0.1) is 13.8 Å². The van der Waals surface area contributed by atoms with E-state index in [4.69, 9.17) is 10.5 Å². The Kier molecular flexibility index (Phi) is 4.53. The lowest BCUT2D eigenvalue weighted by Gasteiger charge is -2.29. The average Bonchev–Trinajstić information content (AvgIpc) is 2.44. The number of aryl methyl sites for hydroxylation is 2. The summed E-state index contributed by atoms with van der Waals surface area (Å²) in [6.45, 7) is 7.42. The minimum atomic E-state index is -0.449. The quantitative estimate of drug-likeness (QED) is 0.864. The lowest BCUT2D eigenvalue weighted by Crippen LogP contribution is -2.43. The van der Waals surface area contributed by atoms with E-state index in [1.54, 1.807) is 0 Å². The number of nitrogen functional groups attached to an aromatic ring is 1. The first kappa shape index (κ1) is 14.7. The van der Waals surface area contributed by atoms with E-state index in [0.29, 0.717) is 0 Å². The molecule has 1 amide bonds. The Balaban J connectivity index is 2.05. The van der Waals surface area contributed by atoms with Gasteiger partial charge < -0.3 is 15.4 Å². The highest BCUT2D eigenvalue weighted by Crippen LogP contribution is 2.25. The normalized spacial score (nSPS) is 16.9. The van der Waals surface area contributed by atoms with E-state index in [9.17, 15) is 4.79 Å². The van der Waals surface area contributed by atoms with Crippen molar-refractivity contribution in [3.8, 4) is 5.75 Å². The first-order chi connectivity index (χ1) is 9.49. The monoisotopic (exact) mass is 276 g/mol. The standard InChI is InChI=1S/C16H24N2O2/c1-11-10-15(12(2)9-14(11)17)20-13(3)16(19)18-7-5-4-6-8-18/h9-10,13H,4-8,17H2,1-3H3. The number of piperidine rings is 1. The van der Waals surface area contributed by atoms with Crippen molar-refractivity contribution in [2.75, 3.05) is 18.8 Å². The number of ether oxygens (including phenoxy) is 1. The third-order valence-corrected chi connectivity index (χ3v) is 3.88. The second-order valence-corrected chi connectivity index (χ2v) is 5.62. The van der Waals surface area contributed by atoms with Crippen LogP contribution in [0.1, 0.15) is 37.3 Å². The summed E-state index contributed by atoms with van der Waals surface area (Å²) >= 11 is 0. The number of hydrogen-bond acceptors (Lipinski definition) is 3. The van der Waals surface area contributed by atoms with Gasteiger partial charge in [-0.3, -0.25) is 4.79 Å². The first-order valence-corrected chi connectivity index (χ1v) is 7.31. The maximum absolute atomic E-state index is 12.3. The topological polar surface area (TPSA) is 55.6 Å². The maximum atomic E-state index is 12.3. The van der Waals surface area contributed by atoms with Crippen molar-refractivity contribution >= 4 is 11.6 Å². The molecule has 0 aliphatic carbocycles. The molecule has 1 aromatic rings. The third-order valence-electron chi connectivity index (χ3n) is 3.88. The van der Waals surface area contributed by atoms with Crippen LogP contribution in [0.25, 0.3) is 0 Å². The summed E-state index contributed by atoms with van der Waals surface area (Å²) < 4.78 is 5.85. The first-order valence-electron chi connectivity index (χ1n) is 7.31. The molecule has 1 aliphatic rings. The van der Waals surface area contributed by atoms with Crippen LogP contribution in [0.2, 0.25) is 0 Å². The molecule has 1 aromatic carbocycles. The maximum Gasteiger partial charge on any atom is 0.263 e. The molecule has 0 radical (unpaired) electrons. The van der Waals surface area contributed by atoms with Gasteiger partial charge in [0.25, 0.3) is 5.91 Å². The van der Waals surface area contributed by atoms with E-state index in [0.717, 1.165) is 48.5 Å². The number of hydrogen-bond donors (Lipinski definition) is 1. The molecule has 20 heavy (non-hydrogen) atoms. The van der Waals surface area contributed by atoms with Crippen LogP contribution in [-0.2, 0) is 4.79 Å². The Morgan fingerprint density at radius 3 is 2.50 bits per heavy atom. The van der Waals surface area contributed by atoms with Crippen molar-refractivity contribution in [3.05, 3.63) is 23.3 Å². The Bertz CT molecular complexity index is 493. The fourth-order valence-electron chi connectivity index (χ4n) is 2.55. The summed E-state index contributed by atoms with van der Waals surface area (Å²) in [5.74, 6) is 0.827. The smallest absolute Gasteiger partial charge is 0.263 e. The summed E-state index contributed by atoms with van der Waals surface area (Å²) in [5, 5.41) is 0. The molecule has 4 heteroatoms. The lowest BCUT2D eigenvalue weighted by molar-refractivity contribution is -0.138. The minimum absolute atomic E-state index is 0.0820. The van der Waals surface area contributed by atoms with Gasteiger partial charge in [0.15, 0.2) is 6.10 Å². The van der Waals surface area contributed by atoms with Gasteiger partial charge in [-0.2, -0.15) is 0 Å². The second kappa shape index (κ2) is 6.16. The molecule has 110 valence electrons. The van der Waals surface area contributed by atoms with Gasteiger partial charge in [0, 0.05) is 18.8 Å². The molecule has 1 unspecified atom stereocenters. The number of benzene rings is 1. The molecule has 0 bridgehead atoms. The highest BCUT2D eigenvalue weighted by atomic mass is 16.5. The van der Waals surface area contributed by atoms with Crippen molar-refractivity contribution < 1.29 is 9.53 Å². The fourth-order valence-corrected chi connectivity index (χ4v) is 2.55. The van der Waals surface area contributed by atoms with E-state index in [1.807, 2.05) is 37.8 Å². The van der Waals surface area contributed by atoms with Gasteiger partial charge in [0.2, 0.25) is 0 Å². The highest BCUT2D eigenvalue weighted by Gasteiger charge is 2.23. The number of rotatable bonds is 3. The zero-order valence-electron chi connectivity index (χ0n) is 12.6. The molecule has 1 aliphatic heterocycles. The molecular weight excluding hydrogens is 252 g/mol. The van der Waals surface area contributed by atoms with Gasteiger partial charge in [-0.1, -0.05) is 0 Å². The molecule has 4 nitrogen and oxygen atoms in total. The number of nitrogens with two attached hydrogens (primary N) is 1. The van der Waals surface area contributed by atoms with E-state index in [2.05, 4.69) is 0 Å². The largest absolute Gasteiger partial charge is 0.481 e. The Morgan fingerprint density at radius 2 is 1.85 bits per heavy atom. The Morgan fingerprint density at radius 1 is 1.20 bits per heavy atom. The number of carbonyl (C=O) groups excluding carboxylic acids is 1. The van der Waals surface area contributed by atoms with E-state index in [-0.39, 0.29) is 5.91 Å². The minimum Gasteiger partial charge on any atom is -0.481 e. The zero-order valence-corrected chi connectivity index (χ0v) is 12.6. The molecule has 2 rings (SSSR count). The van der Waals surface area contributed by atoms with Gasteiger partial charge in [-0.15, -0.1) is 0 Å². The van der Waals surface area contributed by atoms with Gasteiger partial charge in [0.1, 0.15) is 5.75 Å². The van der Waals surface area contributed by atoms with Crippen molar-refractivity contribution in [3.63, 3.8) is 0 Å². The number of carbonyl (C=O) groups is 1. The zero-order chi connectivity index (χ0) is 14.7. The Labute approximate surface area is 120 Å². The number of likely N-dealkylation sites (tertiary alicyclic amines) is 1. The van der Waals surface area contributed by atoms with Crippen molar-refractivity contribution in [2.24, 2.45) is 0 Å². The Hall–Kier alpha value is -1.71.